The van der Waals surface area contributed by atoms with Gasteiger partial charge in [0.25, 0.3) is 0 Å². The topological polar surface area (TPSA) is 73.3 Å². The molecule has 2 rings (SSSR count). The lowest BCUT2D eigenvalue weighted by Gasteiger charge is -2.20. The van der Waals surface area contributed by atoms with Gasteiger partial charge in [0.1, 0.15) is 24.6 Å². The molecule has 0 saturated heterocycles. The summed E-state index contributed by atoms with van der Waals surface area (Å²) in [5, 5.41) is 0.965. The van der Waals surface area contributed by atoms with Gasteiger partial charge < -0.3 is 8.97 Å². The van der Waals surface area contributed by atoms with Crippen LogP contribution >= 0.6 is 0 Å². The first-order valence-electron chi connectivity index (χ1n) is 8.58. The zero-order chi connectivity index (χ0) is 18.8. The van der Waals surface area contributed by atoms with Gasteiger partial charge in [0.05, 0.1) is 16.2 Å². The molecule has 0 atom stereocenters. The first kappa shape index (κ1) is 19.7. The Morgan fingerprint density at radius 2 is 1.88 bits per heavy atom. The van der Waals surface area contributed by atoms with Crippen molar-refractivity contribution in [1.29, 1.82) is 0 Å². The summed E-state index contributed by atoms with van der Waals surface area (Å²) in [5.74, 6) is 1.40. The van der Waals surface area contributed by atoms with Crippen LogP contribution in [0, 0.1) is 6.92 Å². The van der Waals surface area contributed by atoms with E-state index in [-0.39, 0.29) is 11.2 Å². The summed E-state index contributed by atoms with van der Waals surface area (Å²) in [4.78, 5) is 0. The average molecular weight is 365 g/mol. The van der Waals surface area contributed by atoms with Crippen LogP contribution in [0.2, 0.25) is 0 Å². The summed E-state index contributed by atoms with van der Waals surface area (Å²) in [6, 6.07) is 8.12. The number of benzene rings is 1. The predicted molar refractivity (Wildman–Crippen MR) is 98.6 cm³/mol. The van der Waals surface area contributed by atoms with Gasteiger partial charge in [-0.3, -0.25) is 0 Å². The van der Waals surface area contributed by atoms with E-state index in [1.807, 2.05) is 25.1 Å². The molecule has 25 heavy (non-hydrogen) atoms. The molecule has 2 aliphatic rings. The van der Waals surface area contributed by atoms with E-state index in [0.717, 1.165) is 29.0 Å². The Hall–Kier alpha value is -1.66. The molecule has 0 saturated carbocycles. The summed E-state index contributed by atoms with van der Waals surface area (Å²) >= 11 is 0. The number of nitrogens with zero attached hydrogens (tertiary/aromatic N) is 1. The Morgan fingerprint density at radius 3 is 2.44 bits per heavy atom. The van der Waals surface area contributed by atoms with Crippen LogP contribution in [0.25, 0.3) is 11.3 Å². The lowest BCUT2D eigenvalue weighted by Crippen LogP contribution is -2.31. The van der Waals surface area contributed by atoms with E-state index in [0.29, 0.717) is 13.0 Å². The molecule has 1 aliphatic carbocycles. The van der Waals surface area contributed by atoms with E-state index < -0.39 is 10.1 Å². The highest BCUT2D eigenvalue weighted by molar-refractivity contribution is 7.85. The van der Waals surface area contributed by atoms with Gasteiger partial charge in [0.2, 0.25) is 5.36 Å². The minimum absolute atomic E-state index is 0.0815. The van der Waals surface area contributed by atoms with Gasteiger partial charge in [-0.2, -0.15) is 0 Å². The zero-order valence-corrected chi connectivity index (χ0v) is 16.4. The predicted octanol–water partition coefficient (Wildman–Crippen LogP) is 2.72. The summed E-state index contributed by atoms with van der Waals surface area (Å²) in [7, 11) is -4.17. The van der Waals surface area contributed by atoms with E-state index in [1.165, 1.54) is 5.56 Å². The normalized spacial score (nSPS) is 14.0. The van der Waals surface area contributed by atoms with Crippen molar-refractivity contribution in [3.05, 3.63) is 40.9 Å². The van der Waals surface area contributed by atoms with Gasteiger partial charge in [-0.25, -0.2) is 13.0 Å². The molecule has 0 amide bonds. The van der Waals surface area contributed by atoms with Crippen LogP contribution in [0.5, 0.6) is 0 Å². The van der Waals surface area contributed by atoms with Gasteiger partial charge in [0.15, 0.2) is 0 Å². The fourth-order valence-corrected chi connectivity index (χ4v) is 3.29. The standard InChI is InChI=1S/C19H27NO4S/c1-6-20(10-7-11-25(21,22)23)15-8-9-16-14(2)12-18(19(3,4)5)24-17(16)13-15/h8-9,12-13H,6-7,10-11H2,1-5H3. The molecule has 1 aliphatic heterocycles. The molecule has 0 unspecified atom stereocenters. The molecule has 0 bridgehead atoms. The van der Waals surface area contributed by atoms with Crippen molar-refractivity contribution in [1.82, 2.24) is 4.58 Å². The van der Waals surface area contributed by atoms with Crippen molar-refractivity contribution < 1.29 is 17.4 Å². The monoisotopic (exact) mass is 365 g/mol. The fraction of sp³-hybridized carbons (Fsp3) is 0.526. The van der Waals surface area contributed by atoms with E-state index in [9.17, 15) is 13.0 Å². The third-order valence-corrected chi connectivity index (χ3v) is 5.05. The second-order valence-corrected chi connectivity index (χ2v) is 8.94. The van der Waals surface area contributed by atoms with Crippen molar-refractivity contribution in [2.45, 2.75) is 46.5 Å². The van der Waals surface area contributed by atoms with Crippen LogP contribution in [0.4, 0.5) is 0 Å². The smallest absolute Gasteiger partial charge is 0.203 e. The Kier molecular flexibility index (Phi) is 5.74. The molecular weight excluding hydrogens is 338 g/mol. The molecule has 0 aromatic heterocycles. The first-order valence-corrected chi connectivity index (χ1v) is 10.2. The molecule has 0 N–H and O–H groups in total. The van der Waals surface area contributed by atoms with Crippen LogP contribution in [0.1, 0.15) is 45.4 Å². The second kappa shape index (κ2) is 7.30. The second-order valence-electron chi connectivity index (χ2n) is 7.42. The third-order valence-electron chi connectivity index (χ3n) is 4.27. The van der Waals surface area contributed by atoms with Gasteiger partial charge in [0, 0.05) is 29.2 Å². The number of hydrogen-bond donors (Lipinski definition) is 0. The van der Waals surface area contributed by atoms with Gasteiger partial charge in [-0.15, -0.1) is 0 Å². The molecule has 138 valence electrons. The van der Waals surface area contributed by atoms with E-state index in [1.54, 1.807) is 0 Å². The fourth-order valence-electron chi connectivity index (χ4n) is 2.81. The van der Waals surface area contributed by atoms with Crippen LogP contribution in [-0.2, 0) is 15.5 Å². The molecule has 0 aromatic rings. The van der Waals surface area contributed by atoms with Crippen LogP contribution in [0.3, 0.4) is 0 Å². The minimum atomic E-state index is -4.17. The maximum atomic E-state index is 10.8. The van der Waals surface area contributed by atoms with Crippen molar-refractivity contribution in [3.63, 3.8) is 0 Å². The van der Waals surface area contributed by atoms with Gasteiger partial charge in [-0.1, -0.05) is 20.8 Å². The largest absolute Gasteiger partial charge is 0.748 e. The molecule has 0 spiro atoms. The summed E-state index contributed by atoms with van der Waals surface area (Å²) in [6.07, 6.45) is 0.315. The van der Waals surface area contributed by atoms with E-state index in [2.05, 4.69) is 38.3 Å². The van der Waals surface area contributed by atoms with Crippen molar-refractivity contribution in [2.75, 3.05) is 18.8 Å². The quantitative estimate of drug-likeness (QED) is 0.603. The molecule has 1 heterocycles. The van der Waals surface area contributed by atoms with Crippen LogP contribution in [-0.4, -0.2) is 31.8 Å². The Labute approximate surface area is 150 Å². The Morgan fingerprint density at radius 1 is 1.20 bits per heavy atom. The average Bonchev–Trinajstić information content (AvgIpc) is 2.49. The number of aryl methyl sites for hydroxylation is 1. The van der Waals surface area contributed by atoms with Gasteiger partial charge in [-0.05, 0) is 31.5 Å². The lowest BCUT2D eigenvalue weighted by molar-refractivity contribution is 0.403. The number of hydrogen-bond acceptors (Lipinski definition) is 4. The summed E-state index contributed by atoms with van der Waals surface area (Å²) in [5.41, 5.74) is 2.15. The molecule has 0 fully saturated rings. The zero-order valence-electron chi connectivity index (χ0n) is 15.6. The first-order chi connectivity index (χ1) is 11.5. The molecule has 5 nitrogen and oxygen atoms in total. The van der Waals surface area contributed by atoms with Crippen LogP contribution in [0.15, 0.2) is 28.7 Å². The van der Waals surface area contributed by atoms with Crippen molar-refractivity contribution in [2.24, 2.45) is 0 Å². The van der Waals surface area contributed by atoms with Crippen LogP contribution < -0.4 is 9.93 Å². The molecule has 0 radical (unpaired) electrons. The highest BCUT2D eigenvalue weighted by atomic mass is 32.2. The summed E-state index contributed by atoms with van der Waals surface area (Å²) in [6.45, 7) is 11.7. The molecule has 0 aromatic carbocycles. The minimum Gasteiger partial charge on any atom is -0.748 e. The maximum absolute atomic E-state index is 10.8. The Balaban J connectivity index is 2.48. The highest BCUT2D eigenvalue weighted by Crippen LogP contribution is 2.31. The van der Waals surface area contributed by atoms with E-state index >= 15 is 0 Å². The SMILES string of the molecule is CC[N+](CCCS(=O)(=O)[O-])=c1ccc2c(C)cc(C(C)(C)C)oc-2c1. The van der Waals surface area contributed by atoms with Crippen molar-refractivity contribution in [3.8, 4) is 11.3 Å². The third kappa shape index (κ3) is 5.16. The van der Waals surface area contributed by atoms with Gasteiger partial charge >= 0.3 is 0 Å². The molecular formula is C19H27NO4S. The van der Waals surface area contributed by atoms with E-state index in [4.69, 9.17) is 4.42 Å². The Bertz CT molecular complexity index is 888. The number of rotatable bonds is 5. The maximum Gasteiger partial charge on any atom is 0.203 e. The highest BCUT2D eigenvalue weighted by Gasteiger charge is 2.20. The summed E-state index contributed by atoms with van der Waals surface area (Å²) < 4.78 is 40.6. The molecule has 6 heteroatoms. The lowest BCUT2D eigenvalue weighted by atomic mass is 9.91. The van der Waals surface area contributed by atoms with Crippen molar-refractivity contribution >= 4 is 10.1 Å². The number of fused-ring (bicyclic) bond motifs is 1.